The van der Waals surface area contributed by atoms with Crippen molar-refractivity contribution in [2.45, 2.75) is 11.8 Å². The lowest BCUT2D eigenvalue weighted by atomic mass is 10.2. The molecule has 21 heavy (non-hydrogen) atoms. The van der Waals surface area contributed by atoms with Gasteiger partial charge in [0.2, 0.25) is 0 Å². The zero-order chi connectivity index (χ0) is 15.6. The predicted molar refractivity (Wildman–Crippen MR) is 71.7 cm³/mol. The number of nitrogens with zero attached hydrogens (tertiary/aromatic N) is 2. The Morgan fingerprint density at radius 1 is 1.38 bits per heavy atom. The van der Waals surface area contributed by atoms with Crippen LogP contribution >= 0.6 is 0 Å². The van der Waals surface area contributed by atoms with Crippen molar-refractivity contribution >= 4 is 16.1 Å². The zero-order valence-corrected chi connectivity index (χ0v) is 12.0. The summed E-state index contributed by atoms with van der Waals surface area (Å²) in [6.45, 7) is 1.59. The highest BCUT2D eigenvalue weighted by atomic mass is 32.2. The first-order chi connectivity index (χ1) is 9.85. The second-order valence-electron chi connectivity index (χ2n) is 4.03. The van der Waals surface area contributed by atoms with Gasteiger partial charge in [0.15, 0.2) is 0 Å². The van der Waals surface area contributed by atoms with E-state index in [4.69, 9.17) is 0 Å². The van der Waals surface area contributed by atoms with Crippen molar-refractivity contribution in [2.24, 2.45) is 0 Å². The van der Waals surface area contributed by atoms with E-state index in [1.165, 1.54) is 19.2 Å². The van der Waals surface area contributed by atoms with E-state index in [1.807, 2.05) is 0 Å². The maximum Gasteiger partial charge on any atom is 0.360 e. The zero-order valence-electron chi connectivity index (χ0n) is 11.2. The third-order valence-electron chi connectivity index (χ3n) is 2.59. The van der Waals surface area contributed by atoms with E-state index in [0.717, 1.165) is 0 Å². The highest BCUT2D eigenvalue weighted by molar-refractivity contribution is 7.90. The molecule has 1 amide bonds. The summed E-state index contributed by atoms with van der Waals surface area (Å²) in [4.78, 5) is 25.3. The number of H-pyrrole nitrogens is 1. The molecule has 1 aromatic heterocycles. The molecule has 0 aliphatic rings. The number of aromatic amines is 1. The number of aryl methyl sites for hydroxylation is 1. The normalized spacial score (nSPS) is 11.1. The van der Waals surface area contributed by atoms with Crippen molar-refractivity contribution in [1.29, 1.82) is 0 Å². The van der Waals surface area contributed by atoms with Crippen LogP contribution in [-0.2, 0) is 10.0 Å². The summed E-state index contributed by atoms with van der Waals surface area (Å²) < 4.78 is 31.0. The molecule has 0 unspecified atom stereocenters. The number of amides is 1. The van der Waals surface area contributed by atoms with E-state index in [0.29, 0.717) is 10.2 Å². The van der Waals surface area contributed by atoms with Crippen molar-refractivity contribution in [1.82, 2.24) is 19.5 Å². The van der Waals surface area contributed by atoms with Gasteiger partial charge >= 0.3 is 17.7 Å². The highest BCUT2D eigenvalue weighted by Gasteiger charge is 2.22. The number of aromatic nitrogens is 3. The summed E-state index contributed by atoms with van der Waals surface area (Å²) in [7, 11) is -2.87. The summed E-state index contributed by atoms with van der Waals surface area (Å²) in [5.74, 6) is 0. The first-order valence-corrected chi connectivity index (χ1v) is 7.19. The molecule has 0 fully saturated rings. The average molecular weight is 312 g/mol. The standard InChI is InChI=1S/C11H12N4O5S/c1-7-5-3-4-6-8(7)21(18,19)14-11(17)15-10(16)12-9(13-15)20-2/h3-6H,1-2H3,(H,14,17)(H,12,13,16). The van der Waals surface area contributed by atoms with Gasteiger partial charge in [-0.1, -0.05) is 18.2 Å². The molecule has 1 heterocycles. The molecular formula is C11H12N4O5S. The van der Waals surface area contributed by atoms with Crippen LogP contribution < -0.4 is 15.1 Å². The number of hydrogen-bond acceptors (Lipinski definition) is 6. The van der Waals surface area contributed by atoms with Crippen LogP contribution in [0.25, 0.3) is 0 Å². The number of nitrogens with one attached hydrogen (secondary N) is 2. The van der Waals surface area contributed by atoms with Gasteiger partial charge in [-0.25, -0.2) is 22.7 Å². The minimum atomic E-state index is -4.11. The van der Waals surface area contributed by atoms with E-state index in [9.17, 15) is 18.0 Å². The quantitative estimate of drug-likeness (QED) is 0.811. The molecule has 1 aromatic carbocycles. The van der Waals surface area contributed by atoms with Gasteiger partial charge in [0, 0.05) is 0 Å². The van der Waals surface area contributed by atoms with Gasteiger partial charge in [-0.2, -0.15) is 0 Å². The highest BCUT2D eigenvalue weighted by Crippen LogP contribution is 2.13. The van der Waals surface area contributed by atoms with Gasteiger partial charge < -0.3 is 4.74 Å². The van der Waals surface area contributed by atoms with Crippen LogP contribution in [0.2, 0.25) is 0 Å². The smallest absolute Gasteiger partial charge is 0.360 e. The first-order valence-electron chi connectivity index (χ1n) is 5.71. The number of sulfonamides is 1. The van der Waals surface area contributed by atoms with Crippen molar-refractivity contribution in [3.63, 3.8) is 0 Å². The lowest BCUT2D eigenvalue weighted by Crippen LogP contribution is -2.39. The lowest BCUT2D eigenvalue weighted by molar-refractivity contribution is 0.243. The molecule has 0 aliphatic carbocycles. The molecule has 0 radical (unpaired) electrons. The first kappa shape index (κ1) is 14.8. The molecule has 10 heteroatoms. The van der Waals surface area contributed by atoms with Gasteiger partial charge in [0.25, 0.3) is 10.0 Å². The van der Waals surface area contributed by atoms with Crippen LogP contribution in [0.15, 0.2) is 34.0 Å². The van der Waals surface area contributed by atoms with Gasteiger partial charge in [-0.05, 0) is 18.6 Å². The van der Waals surface area contributed by atoms with Crippen LogP contribution in [0.3, 0.4) is 0 Å². The van der Waals surface area contributed by atoms with Crippen LogP contribution in [0.1, 0.15) is 5.56 Å². The summed E-state index contributed by atoms with van der Waals surface area (Å²) in [6, 6.07) is 4.71. The van der Waals surface area contributed by atoms with E-state index in [1.54, 1.807) is 23.8 Å². The number of methoxy groups -OCH3 is 1. The van der Waals surface area contributed by atoms with Crippen molar-refractivity contribution < 1.29 is 17.9 Å². The molecule has 2 N–H and O–H groups in total. The van der Waals surface area contributed by atoms with Gasteiger partial charge in [-0.15, -0.1) is 9.78 Å². The number of benzene rings is 1. The van der Waals surface area contributed by atoms with E-state index >= 15 is 0 Å². The van der Waals surface area contributed by atoms with Crippen LogP contribution in [-0.4, -0.2) is 36.3 Å². The maximum atomic E-state index is 12.1. The molecule has 2 aromatic rings. The third-order valence-corrected chi connectivity index (χ3v) is 4.07. The summed E-state index contributed by atoms with van der Waals surface area (Å²) in [5, 5.41) is 3.48. The maximum absolute atomic E-state index is 12.1. The van der Waals surface area contributed by atoms with Gasteiger partial charge in [0.1, 0.15) is 0 Å². The van der Waals surface area contributed by atoms with E-state index < -0.39 is 21.7 Å². The largest absolute Gasteiger partial charge is 0.467 e. The molecule has 9 nitrogen and oxygen atoms in total. The fourth-order valence-corrected chi connectivity index (χ4v) is 2.78. The number of rotatable bonds is 3. The molecule has 0 aliphatic heterocycles. The van der Waals surface area contributed by atoms with Crippen molar-refractivity contribution in [3.8, 4) is 6.01 Å². The number of carbonyl (C=O) groups is 1. The number of carbonyl (C=O) groups excluding carboxylic acids is 1. The molecule has 0 bridgehead atoms. The molecule has 112 valence electrons. The van der Waals surface area contributed by atoms with Crippen LogP contribution in [0.4, 0.5) is 4.79 Å². The molecule has 0 saturated heterocycles. The predicted octanol–water partition coefficient (Wildman–Crippen LogP) is -0.165. The lowest BCUT2D eigenvalue weighted by Gasteiger charge is -2.08. The molecule has 0 saturated carbocycles. The average Bonchev–Trinajstić information content (AvgIpc) is 2.80. The Bertz CT molecular complexity index is 836. The van der Waals surface area contributed by atoms with Crippen molar-refractivity contribution in [2.75, 3.05) is 7.11 Å². The fourth-order valence-electron chi connectivity index (χ4n) is 1.61. The minimum absolute atomic E-state index is 0.0612. The molecule has 0 spiro atoms. The second kappa shape index (κ2) is 5.40. The minimum Gasteiger partial charge on any atom is -0.467 e. The van der Waals surface area contributed by atoms with Crippen LogP contribution in [0.5, 0.6) is 6.01 Å². The topological polar surface area (TPSA) is 123 Å². The van der Waals surface area contributed by atoms with Crippen LogP contribution in [0, 0.1) is 6.92 Å². The second-order valence-corrected chi connectivity index (χ2v) is 5.68. The Kier molecular flexibility index (Phi) is 3.80. The van der Waals surface area contributed by atoms with Gasteiger partial charge in [0.05, 0.1) is 12.0 Å². The molecule has 2 rings (SSSR count). The summed E-state index contributed by atoms with van der Waals surface area (Å²) in [5.41, 5.74) is -0.450. The Morgan fingerprint density at radius 3 is 2.62 bits per heavy atom. The number of hydrogen-bond donors (Lipinski definition) is 2. The number of ether oxygens (including phenoxy) is 1. The summed E-state index contributed by atoms with van der Waals surface area (Å²) in [6.07, 6.45) is 0. The SMILES string of the molecule is COc1nn(C(=O)NS(=O)(=O)c2ccccc2C)c(=O)[nH]1. The fraction of sp³-hybridized carbons (Fsp3) is 0.182. The van der Waals surface area contributed by atoms with Gasteiger partial charge in [-0.3, -0.25) is 4.98 Å². The Labute approximate surface area is 119 Å². The Balaban J connectivity index is 2.33. The van der Waals surface area contributed by atoms with E-state index in [2.05, 4.69) is 14.8 Å². The molecule has 0 atom stereocenters. The van der Waals surface area contributed by atoms with E-state index in [-0.39, 0.29) is 10.9 Å². The van der Waals surface area contributed by atoms with Crippen molar-refractivity contribution in [3.05, 3.63) is 40.3 Å². The Morgan fingerprint density at radius 2 is 2.05 bits per heavy atom. The monoisotopic (exact) mass is 312 g/mol. The third kappa shape index (κ3) is 2.94. The molecular weight excluding hydrogens is 300 g/mol. The summed E-state index contributed by atoms with van der Waals surface area (Å²) >= 11 is 0. The Hall–Kier alpha value is -2.62.